The van der Waals surface area contributed by atoms with Crippen LogP contribution in [-0.4, -0.2) is 18.8 Å². The molecule has 20 heavy (non-hydrogen) atoms. The molecule has 1 unspecified atom stereocenters. The van der Waals surface area contributed by atoms with Crippen LogP contribution in [-0.2, 0) is 11.2 Å². The molecule has 0 aromatic heterocycles. The highest BCUT2D eigenvalue weighted by molar-refractivity contribution is 5.30. The van der Waals surface area contributed by atoms with E-state index in [1.54, 1.807) is 0 Å². The summed E-state index contributed by atoms with van der Waals surface area (Å²) in [6.07, 6.45) is 5.03. The topological polar surface area (TPSA) is 47.3 Å². The van der Waals surface area contributed by atoms with Crippen LogP contribution in [0.15, 0.2) is 18.2 Å². The quantitative estimate of drug-likeness (QED) is 0.594. The first-order chi connectivity index (χ1) is 9.62. The monoisotopic (exact) mass is 276 g/mol. The van der Waals surface area contributed by atoms with E-state index in [4.69, 9.17) is 10.6 Å². The van der Waals surface area contributed by atoms with Crippen molar-refractivity contribution < 1.29 is 4.74 Å². The van der Waals surface area contributed by atoms with Gasteiger partial charge in [0.25, 0.3) is 0 Å². The van der Waals surface area contributed by atoms with Crippen molar-refractivity contribution in [2.45, 2.75) is 58.6 Å². The number of hydrogen-bond acceptors (Lipinski definition) is 3. The molecular formula is C17H28N2O. The van der Waals surface area contributed by atoms with E-state index in [0.29, 0.717) is 12.1 Å². The van der Waals surface area contributed by atoms with Gasteiger partial charge in [-0.3, -0.25) is 11.3 Å². The predicted molar refractivity (Wildman–Crippen MR) is 83.5 cm³/mol. The molecule has 1 atom stereocenters. The second kappa shape index (κ2) is 7.21. The molecule has 0 saturated heterocycles. The second-order valence-electron chi connectivity index (χ2n) is 6.14. The van der Waals surface area contributed by atoms with Crippen LogP contribution in [0.25, 0.3) is 0 Å². The van der Waals surface area contributed by atoms with Crippen molar-refractivity contribution in [3.05, 3.63) is 34.9 Å². The number of aryl methyl sites for hydroxylation is 2. The molecule has 112 valence electrons. The standard InChI is InChI=1S/C17H28N2O/c1-4-20-17-10-15(11-17)9-16(19-18)8-14-6-5-12(2)13(3)7-14/h5-7,15-17,19H,4,8-11,18H2,1-3H3. The molecule has 0 spiro atoms. The number of nitrogens with two attached hydrogens (primary N) is 1. The van der Waals surface area contributed by atoms with E-state index in [2.05, 4.69) is 44.4 Å². The van der Waals surface area contributed by atoms with Gasteiger partial charge in [0.15, 0.2) is 0 Å². The lowest BCUT2D eigenvalue weighted by molar-refractivity contribution is -0.0290. The van der Waals surface area contributed by atoms with Gasteiger partial charge in [0.1, 0.15) is 0 Å². The molecule has 0 radical (unpaired) electrons. The number of benzene rings is 1. The zero-order valence-corrected chi connectivity index (χ0v) is 13.0. The Morgan fingerprint density at radius 1 is 1.30 bits per heavy atom. The summed E-state index contributed by atoms with van der Waals surface area (Å²) in [5, 5.41) is 0. The smallest absolute Gasteiger partial charge is 0.0580 e. The molecule has 3 heteroatoms. The van der Waals surface area contributed by atoms with E-state index in [0.717, 1.165) is 25.4 Å². The normalized spacial score (nSPS) is 23.4. The lowest BCUT2D eigenvalue weighted by Gasteiger charge is -2.37. The maximum atomic E-state index is 5.73. The fourth-order valence-electron chi connectivity index (χ4n) is 3.07. The first-order valence-electron chi connectivity index (χ1n) is 7.76. The number of hydrazine groups is 1. The van der Waals surface area contributed by atoms with Gasteiger partial charge in [-0.05, 0) is 69.1 Å². The molecule has 1 aliphatic carbocycles. The average molecular weight is 276 g/mol. The molecule has 1 fully saturated rings. The highest BCUT2D eigenvalue weighted by Crippen LogP contribution is 2.34. The zero-order valence-electron chi connectivity index (χ0n) is 13.0. The van der Waals surface area contributed by atoms with Gasteiger partial charge in [-0.15, -0.1) is 0 Å². The fraction of sp³-hybridized carbons (Fsp3) is 0.647. The minimum Gasteiger partial charge on any atom is -0.378 e. The van der Waals surface area contributed by atoms with Crippen LogP contribution < -0.4 is 11.3 Å². The van der Waals surface area contributed by atoms with Gasteiger partial charge in [-0.25, -0.2) is 0 Å². The Morgan fingerprint density at radius 2 is 2.05 bits per heavy atom. The highest BCUT2D eigenvalue weighted by atomic mass is 16.5. The van der Waals surface area contributed by atoms with E-state index in [-0.39, 0.29) is 0 Å². The molecule has 0 amide bonds. The fourth-order valence-corrected chi connectivity index (χ4v) is 3.07. The molecule has 3 N–H and O–H groups in total. The van der Waals surface area contributed by atoms with Crippen LogP contribution in [0, 0.1) is 19.8 Å². The SMILES string of the molecule is CCOC1CC(CC(Cc2ccc(C)c(C)c2)NN)C1. The third-order valence-electron chi connectivity index (χ3n) is 4.50. The zero-order chi connectivity index (χ0) is 14.5. The van der Waals surface area contributed by atoms with Gasteiger partial charge in [0, 0.05) is 12.6 Å². The number of rotatable bonds is 7. The summed E-state index contributed by atoms with van der Waals surface area (Å²) in [6.45, 7) is 7.22. The first kappa shape index (κ1) is 15.5. The molecule has 3 nitrogen and oxygen atoms in total. The summed E-state index contributed by atoms with van der Waals surface area (Å²) < 4.78 is 5.62. The first-order valence-corrected chi connectivity index (χ1v) is 7.76. The van der Waals surface area contributed by atoms with Crippen LogP contribution in [0.1, 0.15) is 42.9 Å². The molecule has 1 aliphatic rings. The van der Waals surface area contributed by atoms with E-state index in [1.165, 1.54) is 29.5 Å². The number of hydrogen-bond donors (Lipinski definition) is 2. The van der Waals surface area contributed by atoms with Crippen molar-refractivity contribution in [2.75, 3.05) is 6.61 Å². The average Bonchev–Trinajstić information content (AvgIpc) is 2.39. The lowest BCUT2D eigenvalue weighted by atomic mass is 9.77. The maximum Gasteiger partial charge on any atom is 0.0580 e. The molecule has 0 bridgehead atoms. The molecule has 2 rings (SSSR count). The van der Waals surface area contributed by atoms with Gasteiger partial charge in [0.05, 0.1) is 6.10 Å². The van der Waals surface area contributed by atoms with Crippen molar-refractivity contribution in [1.82, 2.24) is 5.43 Å². The Hall–Kier alpha value is -0.900. The van der Waals surface area contributed by atoms with Crippen molar-refractivity contribution in [3.8, 4) is 0 Å². The Bertz CT molecular complexity index is 427. The second-order valence-corrected chi connectivity index (χ2v) is 6.14. The highest BCUT2D eigenvalue weighted by Gasteiger charge is 2.31. The predicted octanol–water partition coefficient (Wildman–Crippen LogP) is 2.88. The minimum absolute atomic E-state index is 0.365. The van der Waals surface area contributed by atoms with Crippen LogP contribution in [0.2, 0.25) is 0 Å². The van der Waals surface area contributed by atoms with E-state index in [1.807, 2.05) is 0 Å². The summed E-state index contributed by atoms with van der Waals surface area (Å²) in [6, 6.07) is 7.07. The van der Waals surface area contributed by atoms with E-state index < -0.39 is 0 Å². The van der Waals surface area contributed by atoms with Gasteiger partial charge in [-0.1, -0.05) is 18.2 Å². The number of ether oxygens (including phenoxy) is 1. The third-order valence-corrected chi connectivity index (χ3v) is 4.50. The van der Waals surface area contributed by atoms with Gasteiger partial charge < -0.3 is 4.74 Å². The summed E-state index contributed by atoms with van der Waals surface area (Å²) in [5.41, 5.74) is 7.07. The summed E-state index contributed by atoms with van der Waals surface area (Å²) in [5.74, 6) is 6.49. The Labute approximate surface area is 122 Å². The number of nitrogens with one attached hydrogen (secondary N) is 1. The Kier molecular flexibility index (Phi) is 5.58. The van der Waals surface area contributed by atoms with Crippen LogP contribution in [0.3, 0.4) is 0 Å². The minimum atomic E-state index is 0.365. The van der Waals surface area contributed by atoms with Crippen LogP contribution in [0.5, 0.6) is 0 Å². The van der Waals surface area contributed by atoms with Crippen molar-refractivity contribution in [2.24, 2.45) is 11.8 Å². The molecule has 0 heterocycles. The summed E-state index contributed by atoms with van der Waals surface area (Å²) >= 11 is 0. The largest absolute Gasteiger partial charge is 0.378 e. The van der Waals surface area contributed by atoms with Gasteiger partial charge in [0.2, 0.25) is 0 Å². The lowest BCUT2D eigenvalue weighted by Crippen LogP contribution is -2.42. The molecule has 1 saturated carbocycles. The van der Waals surface area contributed by atoms with Gasteiger partial charge >= 0.3 is 0 Å². The van der Waals surface area contributed by atoms with Crippen LogP contribution >= 0.6 is 0 Å². The van der Waals surface area contributed by atoms with Crippen LogP contribution in [0.4, 0.5) is 0 Å². The van der Waals surface area contributed by atoms with Gasteiger partial charge in [-0.2, -0.15) is 0 Å². The van der Waals surface area contributed by atoms with E-state index in [9.17, 15) is 0 Å². The summed E-state index contributed by atoms with van der Waals surface area (Å²) in [7, 11) is 0. The van der Waals surface area contributed by atoms with Crippen molar-refractivity contribution in [1.29, 1.82) is 0 Å². The molecule has 0 aliphatic heterocycles. The van der Waals surface area contributed by atoms with Crippen molar-refractivity contribution >= 4 is 0 Å². The molecule has 1 aromatic carbocycles. The van der Waals surface area contributed by atoms with E-state index >= 15 is 0 Å². The molecule has 1 aromatic rings. The van der Waals surface area contributed by atoms with Crippen molar-refractivity contribution in [3.63, 3.8) is 0 Å². The maximum absolute atomic E-state index is 5.73. The third kappa shape index (κ3) is 4.05. The Balaban J connectivity index is 1.82. The Morgan fingerprint density at radius 3 is 2.65 bits per heavy atom. The molecular weight excluding hydrogens is 248 g/mol. The summed E-state index contributed by atoms with van der Waals surface area (Å²) in [4.78, 5) is 0.